The summed E-state index contributed by atoms with van der Waals surface area (Å²) in [6, 6.07) is 13.4. The Bertz CT molecular complexity index is 969. The van der Waals surface area contributed by atoms with Crippen LogP contribution >= 0.6 is 0 Å². The fourth-order valence-electron chi connectivity index (χ4n) is 4.45. The van der Waals surface area contributed by atoms with Gasteiger partial charge in [-0.3, -0.25) is 0 Å². The third-order valence-electron chi connectivity index (χ3n) is 6.07. The number of amides is 2. The van der Waals surface area contributed by atoms with E-state index >= 15 is 0 Å². The summed E-state index contributed by atoms with van der Waals surface area (Å²) in [5.74, 6) is 0.540. The number of hydrogen-bond donors (Lipinski definition) is 2. The van der Waals surface area contributed by atoms with Crippen LogP contribution in [0.4, 0.5) is 21.9 Å². The van der Waals surface area contributed by atoms with Gasteiger partial charge in [0.1, 0.15) is 5.75 Å². The van der Waals surface area contributed by atoms with Crippen LogP contribution in [0.3, 0.4) is 0 Å². The first-order chi connectivity index (χ1) is 16.9. The highest BCUT2D eigenvalue weighted by Crippen LogP contribution is 2.36. The number of benzene rings is 2. The van der Waals surface area contributed by atoms with Crippen molar-refractivity contribution in [3.8, 4) is 5.75 Å². The van der Waals surface area contributed by atoms with Crippen LogP contribution in [0.25, 0.3) is 0 Å². The first-order valence-corrected chi connectivity index (χ1v) is 12.7. The minimum Gasteiger partial charge on any atom is -0.482 e. The number of urea groups is 1. The summed E-state index contributed by atoms with van der Waals surface area (Å²) in [4.78, 5) is 27.2. The van der Waals surface area contributed by atoms with Crippen molar-refractivity contribution < 1.29 is 19.1 Å². The Labute approximate surface area is 209 Å². The first kappa shape index (κ1) is 26.4. The SMILES string of the molecule is CCOC(=O)COc1ccc(N(CC(C)C)C2CCCCC2)c(NC(=O)Nc2ccc(C)cc2)c1. The van der Waals surface area contributed by atoms with Gasteiger partial charge in [0.05, 0.1) is 18.0 Å². The molecule has 7 nitrogen and oxygen atoms in total. The van der Waals surface area contributed by atoms with Gasteiger partial charge in [-0.2, -0.15) is 0 Å². The molecular weight excluding hydrogens is 442 g/mol. The molecule has 2 aromatic rings. The number of carbonyl (C=O) groups is 2. The largest absolute Gasteiger partial charge is 0.482 e. The van der Waals surface area contributed by atoms with Crippen LogP contribution in [-0.4, -0.2) is 37.8 Å². The van der Waals surface area contributed by atoms with Gasteiger partial charge in [0, 0.05) is 24.3 Å². The highest BCUT2D eigenvalue weighted by molar-refractivity contribution is 6.02. The van der Waals surface area contributed by atoms with E-state index in [1.807, 2.05) is 43.3 Å². The Morgan fingerprint density at radius 2 is 1.74 bits per heavy atom. The van der Waals surface area contributed by atoms with Crippen molar-refractivity contribution in [2.75, 3.05) is 35.3 Å². The van der Waals surface area contributed by atoms with Gasteiger partial charge < -0.3 is 25.0 Å². The number of rotatable bonds is 10. The molecule has 1 saturated carbocycles. The predicted molar refractivity (Wildman–Crippen MR) is 141 cm³/mol. The molecule has 1 aliphatic carbocycles. The monoisotopic (exact) mass is 481 g/mol. The van der Waals surface area contributed by atoms with Crippen LogP contribution < -0.4 is 20.3 Å². The van der Waals surface area contributed by atoms with Crippen LogP contribution in [0, 0.1) is 12.8 Å². The lowest BCUT2D eigenvalue weighted by molar-refractivity contribution is -0.145. The summed E-state index contributed by atoms with van der Waals surface area (Å²) in [5.41, 5.74) is 3.47. The van der Waals surface area contributed by atoms with Crippen molar-refractivity contribution in [3.63, 3.8) is 0 Å². The Hall–Kier alpha value is -3.22. The second-order valence-electron chi connectivity index (χ2n) is 9.56. The molecule has 0 spiro atoms. The van der Waals surface area contributed by atoms with E-state index in [9.17, 15) is 9.59 Å². The Morgan fingerprint density at radius 3 is 2.40 bits per heavy atom. The molecule has 0 saturated heterocycles. The third-order valence-corrected chi connectivity index (χ3v) is 6.07. The molecule has 1 fully saturated rings. The molecule has 3 rings (SSSR count). The fourth-order valence-corrected chi connectivity index (χ4v) is 4.45. The first-order valence-electron chi connectivity index (χ1n) is 12.7. The van der Waals surface area contributed by atoms with Gasteiger partial charge >= 0.3 is 12.0 Å². The smallest absolute Gasteiger partial charge is 0.344 e. The highest BCUT2D eigenvalue weighted by Gasteiger charge is 2.25. The van der Waals surface area contributed by atoms with E-state index in [1.54, 1.807) is 13.0 Å². The highest BCUT2D eigenvalue weighted by atomic mass is 16.6. The topological polar surface area (TPSA) is 79.9 Å². The molecule has 0 aliphatic heterocycles. The number of nitrogens with one attached hydrogen (secondary N) is 2. The molecule has 2 N–H and O–H groups in total. The van der Waals surface area contributed by atoms with E-state index in [2.05, 4.69) is 29.4 Å². The molecule has 7 heteroatoms. The lowest BCUT2D eigenvalue weighted by Gasteiger charge is -2.38. The number of esters is 1. The van der Waals surface area contributed by atoms with Crippen molar-refractivity contribution >= 4 is 29.1 Å². The molecule has 35 heavy (non-hydrogen) atoms. The number of nitrogens with zero attached hydrogens (tertiary/aromatic N) is 1. The summed E-state index contributed by atoms with van der Waals surface area (Å²) in [7, 11) is 0. The maximum absolute atomic E-state index is 12.9. The number of carbonyl (C=O) groups excluding carboxylic acids is 2. The second-order valence-corrected chi connectivity index (χ2v) is 9.56. The number of aryl methyl sites for hydroxylation is 1. The molecule has 0 heterocycles. The summed E-state index contributed by atoms with van der Waals surface area (Å²) >= 11 is 0. The van der Waals surface area contributed by atoms with Gasteiger partial charge in [0.25, 0.3) is 0 Å². The van der Waals surface area contributed by atoms with Crippen LogP contribution in [0.1, 0.15) is 58.4 Å². The standard InChI is InChI=1S/C28H39N3O4/c1-5-34-27(32)19-35-24-15-16-26(31(18-20(2)3)23-9-7-6-8-10-23)25(17-24)30-28(33)29-22-13-11-21(4)12-14-22/h11-17,20,23H,5-10,18-19H2,1-4H3,(H2,29,30,33). The maximum Gasteiger partial charge on any atom is 0.344 e. The average molecular weight is 482 g/mol. The van der Waals surface area contributed by atoms with E-state index in [0.717, 1.165) is 36.3 Å². The Kier molecular flexibility index (Phi) is 9.82. The van der Waals surface area contributed by atoms with Crippen LogP contribution in [0.5, 0.6) is 5.75 Å². The van der Waals surface area contributed by atoms with E-state index in [1.165, 1.54) is 19.3 Å². The van der Waals surface area contributed by atoms with E-state index < -0.39 is 5.97 Å². The Balaban J connectivity index is 1.87. The van der Waals surface area contributed by atoms with Gasteiger partial charge in [-0.05, 0) is 56.9 Å². The number of ether oxygens (including phenoxy) is 2. The minimum absolute atomic E-state index is 0.180. The average Bonchev–Trinajstić information content (AvgIpc) is 2.84. The Morgan fingerprint density at radius 1 is 1.03 bits per heavy atom. The van der Waals surface area contributed by atoms with E-state index in [0.29, 0.717) is 30.0 Å². The molecule has 1 aliphatic rings. The van der Waals surface area contributed by atoms with Gasteiger partial charge in [0.2, 0.25) is 0 Å². The second kappa shape index (κ2) is 13.0. The van der Waals surface area contributed by atoms with Crippen molar-refractivity contribution in [1.82, 2.24) is 0 Å². The van der Waals surface area contributed by atoms with Gasteiger partial charge in [-0.25, -0.2) is 9.59 Å². The third kappa shape index (κ3) is 8.19. The van der Waals surface area contributed by atoms with Crippen molar-refractivity contribution in [2.45, 2.75) is 65.8 Å². The van der Waals surface area contributed by atoms with Crippen LogP contribution in [0.2, 0.25) is 0 Å². The summed E-state index contributed by atoms with van der Waals surface area (Å²) < 4.78 is 10.6. The lowest BCUT2D eigenvalue weighted by atomic mass is 9.93. The molecular formula is C28H39N3O4. The van der Waals surface area contributed by atoms with E-state index in [4.69, 9.17) is 9.47 Å². The van der Waals surface area contributed by atoms with Gasteiger partial charge in [-0.15, -0.1) is 0 Å². The number of anilines is 3. The van der Waals surface area contributed by atoms with Crippen LogP contribution in [-0.2, 0) is 9.53 Å². The zero-order valence-corrected chi connectivity index (χ0v) is 21.4. The minimum atomic E-state index is -0.424. The van der Waals surface area contributed by atoms with Crippen LogP contribution in [0.15, 0.2) is 42.5 Å². The van der Waals surface area contributed by atoms with Crippen molar-refractivity contribution in [1.29, 1.82) is 0 Å². The molecule has 2 aromatic carbocycles. The fraction of sp³-hybridized carbons (Fsp3) is 0.500. The molecule has 0 bridgehead atoms. The maximum atomic E-state index is 12.9. The normalized spacial score (nSPS) is 13.9. The lowest BCUT2D eigenvalue weighted by Crippen LogP contribution is -2.40. The van der Waals surface area contributed by atoms with E-state index in [-0.39, 0.29) is 12.6 Å². The molecule has 0 aromatic heterocycles. The zero-order valence-electron chi connectivity index (χ0n) is 21.4. The quantitative estimate of drug-likeness (QED) is 0.385. The van der Waals surface area contributed by atoms with Gasteiger partial charge in [-0.1, -0.05) is 50.8 Å². The summed E-state index contributed by atoms with van der Waals surface area (Å²) in [5, 5.41) is 5.94. The van der Waals surface area contributed by atoms with Crippen molar-refractivity contribution in [3.05, 3.63) is 48.0 Å². The van der Waals surface area contributed by atoms with Crippen molar-refractivity contribution in [2.24, 2.45) is 5.92 Å². The number of hydrogen-bond acceptors (Lipinski definition) is 5. The molecule has 0 radical (unpaired) electrons. The molecule has 190 valence electrons. The van der Waals surface area contributed by atoms with Gasteiger partial charge in [0.15, 0.2) is 6.61 Å². The molecule has 0 unspecified atom stereocenters. The summed E-state index contributed by atoms with van der Waals surface area (Å²) in [6.45, 7) is 9.21. The zero-order chi connectivity index (χ0) is 25.2. The molecule has 0 atom stereocenters. The molecule has 2 amide bonds. The predicted octanol–water partition coefficient (Wildman–Crippen LogP) is 6.38. The summed E-state index contributed by atoms with van der Waals surface area (Å²) in [6.07, 6.45) is 6.00.